The Bertz CT molecular complexity index is 1250. The number of furan rings is 1. The molecule has 1 heterocycles. The maximum Gasteiger partial charge on any atom is 0.197 e. The van der Waals surface area contributed by atoms with E-state index >= 15 is 0 Å². The fourth-order valence-electron chi connectivity index (χ4n) is 3.58. The molecule has 0 radical (unpaired) electrons. The number of benzene rings is 3. The fourth-order valence-corrected chi connectivity index (χ4v) is 3.58. The molecule has 0 aliphatic carbocycles. The highest BCUT2D eigenvalue weighted by Gasteiger charge is 2.22. The first-order chi connectivity index (χ1) is 15.6. The van der Waals surface area contributed by atoms with Gasteiger partial charge in [-0.15, -0.1) is 0 Å². The zero-order valence-electron chi connectivity index (χ0n) is 18.2. The molecule has 0 fully saturated rings. The number of hydrogen-bond acceptors (Lipinski definition) is 5. The van der Waals surface area contributed by atoms with E-state index < -0.39 is 0 Å². The first kappa shape index (κ1) is 21.4. The van der Waals surface area contributed by atoms with Gasteiger partial charge in [-0.2, -0.15) is 0 Å². The molecule has 0 saturated carbocycles. The third kappa shape index (κ3) is 4.57. The molecule has 0 saturated heterocycles. The summed E-state index contributed by atoms with van der Waals surface area (Å²) in [5.74, 6) is 1.55. The van der Waals surface area contributed by atoms with Gasteiger partial charge in [0.05, 0.1) is 18.4 Å². The number of aryl methyl sites for hydroxylation is 1. The van der Waals surface area contributed by atoms with Crippen LogP contribution in [0.25, 0.3) is 11.0 Å². The molecule has 162 valence electrons. The van der Waals surface area contributed by atoms with Crippen LogP contribution < -0.4 is 4.74 Å². The van der Waals surface area contributed by atoms with Gasteiger partial charge in [-0.3, -0.25) is 9.79 Å². The van der Waals surface area contributed by atoms with Crippen molar-refractivity contribution in [1.82, 2.24) is 0 Å². The molecule has 0 amide bonds. The smallest absolute Gasteiger partial charge is 0.197 e. The summed E-state index contributed by atoms with van der Waals surface area (Å²) in [4.78, 5) is 18.0. The van der Waals surface area contributed by atoms with Crippen LogP contribution in [-0.4, -0.2) is 24.2 Å². The zero-order chi connectivity index (χ0) is 22.5. The Morgan fingerprint density at radius 3 is 2.50 bits per heavy atom. The van der Waals surface area contributed by atoms with Crippen molar-refractivity contribution in [2.24, 2.45) is 4.99 Å². The predicted molar refractivity (Wildman–Crippen MR) is 127 cm³/mol. The number of nitrogens with zero attached hydrogens (tertiary/aromatic N) is 1. The fraction of sp³-hybridized carbons (Fsp3) is 0.185. The van der Waals surface area contributed by atoms with E-state index in [0.717, 1.165) is 29.5 Å². The minimum Gasteiger partial charge on any atom is -0.508 e. The van der Waals surface area contributed by atoms with Crippen molar-refractivity contribution in [3.05, 3.63) is 89.2 Å². The maximum atomic E-state index is 13.5. The van der Waals surface area contributed by atoms with Crippen molar-refractivity contribution in [2.45, 2.75) is 26.2 Å². The lowest BCUT2D eigenvalue weighted by Gasteiger charge is -2.05. The molecule has 32 heavy (non-hydrogen) atoms. The molecule has 0 spiro atoms. The number of hydrogen-bond donors (Lipinski definition) is 1. The van der Waals surface area contributed by atoms with Crippen molar-refractivity contribution in [2.75, 3.05) is 7.11 Å². The number of rotatable bonds is 8. The summed E-state index contributed by atoms with van der Waals surface area (Å²) in [6.45, 7) is 2.11. The van der Waals surface area contributed by atoms with Crippen LogP contribution in [0.4, 0.5) is 5.69 Å². The standard InChI is InChI=1S/C27H25NO4/c1-3-4-5-25-26(27(30)19-8-13-22(31-2)14-9-19)23-16-20(10-15-24(23)32-25)28-17-18-6-11-21(29)12-7-18/h6-17,29H,3-5H2,1-2H3. The Morgan fingerprint density at radius 1 is 1.06 bits per heavy atom. The SMILES string of the molecule is CCCCc1oc2ccc(N=Cc3ccc(O)cc3)cc2c1C(=O)c1ccc(OC)cc1. The molecule has 0 unspecified atom stereocenters. The number of unbranched alkanes of at least 4 members (excludes halogenated alkanes) is 1. The van der Waals surface area contributed by atoms with Crippen molar-refractivity contribution in [1.29, 1.82) is 0 Å². The predicted octanol–water partition coefficient (Wildman–Crippen LogP) is 6.47. The summed E-state index contributed by atoms with van der Waals surface area (Å²) >= 11 is 0. The van der Waals surface area contributed by atoms with Gasteiger partial charge >= 0.3 is 0 Å². The third-order valence-electron chi connectivity index (χ3n) is 5.34. The van der Waals surface area contributed by atoms with Crippen LogP contribution in [0.2, 0.25) is 0 Å². The van der Waals surface area contributed by atoms with Crippen molar-refractivity contribution in [3.63, 3.8) is 0 Å². The topological polar surface area (TPSA) is 72.0 Å². The molecule has 1 aromatic heterocycles. The van der Waals surface area contributed by atoms with E-state index in [4.69, 9.17) is 9.15 Å². The minimum absolute atomic E-state index is 0.0721. The molecular formula is C27H25NO4. The highest BCUT2D eigenvalue weighted by atomic mass is 16.5. The Hall–Kier alpha value is -3.86. The van der Waals surface area contributed by atoms with Crippen LogP contribution in [0.15, 0.2) is 76.1 Å². The van der Waals surface area contributed by atoms with Gasteiger partial charge in [0, 0.05) is 23.6 Å². The Kier molecular flexibility index (Phi) is 6.36. The molecule has 3 aromatic carbocycles. The molecule has 0 aliphatic heterocycles. The number of aromatic hydroxyl groups is 1. The Morgan fingerprint density at radius 2 is 1.81 bits per heavy atom. The number of carbonyl (C=O) groups excluding carboxylic acids is 1. The minimum atomic E-state index is -0.0721. The van der Waals surface area contributed by atoms with Gasteiger partial charge in [-0.05, 0) is 78.7 Å². The van der Waals surface area contributed by atoms with Crippen LogP contribution in [-0.2, 0) is 6.42 Å². The molecule has 4 rings (SSSR count). The first-order valence-electron chi connectivity index (χ1n) is 10.7. The summed E-state index contributed by atoms with van der Waals surface area (Å²) in [5.41, 5.74) is 3.45. The molecule has 4 aromatic rings. The summed E-state index contributed by atoms with van der Waals surface area (Å²) in [5, 5.41) is 10.2. The molecule has 0 atom stereocenters. The number of ether oxygens (including phenoxy) is 1. The monoisotopic (exact) mass is 427 g/mol. The quantitative estimate of drug-likeness (QED) is 0.258. The van der Waals surface area contributed by atoms with Crippen LogP contribution >= 0.6 is 0 Å². The van der Waals surface area contributed by atoms with Gasteiger partial charge in [-0.25, -0.2) is 0 Å². The second-order valence-electron chi connectivity index (χ2n) is 7.59. The van der Waals surface area contributed by atoms with E-state index in [1.54, 1.807) is 61.9 Å². The van der Waals surface area contributed by atoms with Crippen LogP contribution in [0.1, 0.15) is 47.0 Å². The summed E-state index contributed by atoms with van der Waals surface area (Å²) in [6.07, 6.45) is 4.38. The average Bonchev–Trinajstić information content (AvgIpc) is 3.19. The summed E-state index contributed by atoms with van der Waals surface area (Å²) in [7, 11) is 1.60. The number of phenols is 1. The first-order valence-corrected chi connectivity index (χ1v) is 10.7. The summed E-state index contributed by atoms with van der Waals surface area (Å²) < 4.78 is 11.3. The maximum absolute atomic E-state index is 13.5. The highest BCUT2D eigenvalue weighted by Crippen LogP contribution is 2.32. The van der Waals surface area contributed by atoms with Gasteiger partial charge in [-0.1, -0.05) is 13.3 Å². The normalized spacial score (nSPS) is 11.3. The van der Waals surface area contributed by atoms with E-state index in [1.807, 2.05) is 18.2 Å². The zero-order valence-corrected chi connectivity index (χ0v) is 18.2. The van der Waals surface area contributed by atoms with Crippen molar-refractivity contribution < 1.29 is 19.1 Å². The van der Waals surface area contributed by atoms with Crippen LogP contribution in [0.5, 0.6) is 11.5 Å². The Labute approximate surface area is 187 Å². The van der Waals surface area contributed by atoms with E-state index in [9.17, 15) is 9.90 Å². The number of carbonyl (C=O) groups is 1. The molecule has 0 aliphatic rings. The second-order valence-corrected chi connectivity index (χ2v) is 7.59. The van der Waals surface area contributed by atoms with Gasteiger partial charge in [0.15, 0.2) is 5.78 Å². The van der Waals surface area contributed by atoms with Gasteiger partial charge in [0.25, 0.3) is 0 Å². The average molecular weight is 428 g/mol. The van der Waals surface area contributed by atoms with E-state index in [-0.39, 0.29) is 11.5 Å². The molecular weight excluding hydrogens is 402 g/mol. The lowest BCUT2D eigenvalue weighted by molar-refractivity contribution is 0.103. The third-order valence-corrected chi connectivity index (χ3v) is 5.34. The lowest BCUT2D eigenvalue weighted by Crippen LogP contribution is -2.04. The summed E-state index contributed by atoms with van der Waals surface area (Å²) in [6, 6.07) is 19.6. The number of fused-ring (bicyclic) bond motifs is 1. The largest absolute Gasteiger partial charge is 0.508 e. The van der Waals surface area contributed by atoms with Crippen molar-refractivity contribution >= 4 is 28.7 Å². The highest BCUT2D eigenvalue weighted by molar-refractivity contribution is 6.17. The molecule has 0 bridgehead atoms. The van der Waals surface area contributed by atoms with E-state index in [2.05, 4.69) is 11.9 Å². The van der Waals surface area contributed by atoms with Gasteiger partial charge in [0.2, 0.25) is 0 Å². The molecule has 5 nitrogen and oxygen atoms in total. The Balaban J connectivity index is 1.74. The van der Waals surface area contributed by atoms with Crippen LogP contribution in [0.3, 0.4) is 0 Å². The number of ketones is 1. The van der Waals surface area contributed by atoms with Crippen LogP contribution in [0, 0.1) is 0 Å². The van der Waals surface area contributed by atoms with E-state index in [0.29, 0.717) is 34.6 Å². The number of methoxy groups -OCH3 is 1. The van der Waals surface area contributed by atoms with Crippen molar-refractivity contribution in [3.8, 4) is 11.5 Å². The molecule has 1 N–H and O–H groups in total. The van der Waals surface area contributed by atoms with E-state index in [1.165, 1.54) is 0 Å². The number of aliphatic imine (C=N–C) groups is 1. The van der Waals surface area contributed by atoms with Gasteiger partial charge in [0.1, 0.15) is 22.8 Å². The number of phenolic OH excluding ortho intramolecular Hbond substituents is 1. The molecule has 5 heteroatoms. The van der Waals surface area contributed by atoms with Gasteiger partial charge < -0.3 is 14.3 Å². The second kappa shape index (κ2) is 9.52. The lowest BCUT2D eigenvalue weighted by atomic mass is 9.98.